The van der Waals surface area contributed by atoms with Crippen LogP contribution < -0.4 is 0 Å². The Labute approximate surface area is 97.6 Å². The highest BCUT2D eigenvalue weighted by Gasteiger charge is 2.16. The topological polar surface area (TPSA) is 80.8 Å². The van der Waals surface area contributed by atoms with Gasteiger partial charge in [-0.15, -0.1) is 11.3 Å². The van der Waals surface area contributed by atoms with E-state index in [1.807, 2.05) is 12.1 Å². The molecule has 1 rings (SSSR count). The lowest BCUT2D eigenvalue weighted by atomic mass is 10.3. The van der Waals surface area contributed by atoms with Crippen LogP contribution in [0.3, 0.4) is 0 Å². The average Bonchev–Trinajstić information content (AvgIpc) is 2.82. The molecule has 1 aromatic rings. The van der Waals surface area contributed by atoms with Crippen molar-refractivity contribution in [1.82, 2.24) is 9.88 Å². The fourth-order valence-corrected chi connectivity index (χ4v) is 1.69. The third kappa shape index (κ3) is 3.34. The Hall–Kier alpha value is -1.92. The molecule has 0 unspecified atom stereocenters. The number of thiazole rings is 1. The zero-order chi connectivity index (χ0) is 11.8. The van der Waals surface area contributed by atoms with Crippen molar-refractivity contribution in [3.63, 3.8) is 0 Å². The van der Waals surface area contributed by atoms with E-state index in [-0.39, 0.29) is 18.7 Å². The van der Waals surface area contributed by atoms with Crippen molar-refractivity contribution in [2.45, 2.75) is 12.8 Å². The SMILES string of the molecule is N#CCCN(CCC#N)C(=O)c1cscn1. The summed E-state index contributed by atoms with van der Waals surface area (Å²) in [5.74, 6) is -0.216. The van der Waals surface area contributed by atoms with Crippen molar-refractivity contribution in [2.24, 2.45) is 0 Å². The lowest BCUT2D eigenvalue weighted by Crippen LogP contribution is -2.32. The Morgan fingerprint density at radius 3 is 2.44 bits per heavy atom. The molecule has 0 saturated carbocycles. The third-order valence-corrected chi connectivity index (χ3v) is 2.51. The summed E-state index contributed by atoms with van der Waals surface area (Å²) in [6.07, 6.45) is 0.530. The van der Waals surface area contributed by atoms with E-state index < -0.39 is 0 Å². The summed E-state index contributed by atoms with van der Waals surface area (Å²) in [5.41, 5.74) is 1.96. The Kier molecular flexibility index (Phi) is 4.97. The predicted octanol–water partition coefficient (Wildman–Crippen LogP) is 1.41. The van der Waals surface area contributed by atoms with Gasteiger partial charge >= 0.3 is 0 Å². The van der Waals surface area contributed by atoms with Gasteiger partial charge in [-0.05, 0) is 0 Å². The monoisotopic (exact) mass is 234 g/mol. The minimum Gasteiger partial charge on any atom is -0.335 e. The number of carbonyl (C=O) groups is 1. The van der Waals surface area contributed by atoms with E-state index in [0.29, 0.717) is 18.8 Å². The number of carbonyl (C=O) groups excluding carboxylic acids is 1. The zero-order valence-corrected chi connectivity index (χ0v) is 9.40. The molecule has 0 aliphatic heterocycles. The fourth-order valence-electron chi connectivity index (χ4n) is 1.16. The van der Waals surface area contributed by atoms with Crippen LogP contribution in [0.25, 0.3) is 0 Å². The normalized spacial score (nSPS) is 9.12. The van der Waals surface area contributed by atoms with E-state index in [1.54, 1.807) is 10.9 Å². The minimum absolute atomic E-state index is 0.216. The van der Waals surface area contributed by atoms with Gasteiger partial charge in [0.15, 0.2) is 0 Å². The van der Waals surface area contributed by atoms with Gasteiger partial charge in [0.25, 0.3) is 5.91 Å². The fraction of sp³-hybridized carbons (Fsp3) is 0.400. The van der Waals surface area contributed by atoms with Crippen molar-refractivity contribution >= 4 is 17.2 Å². The van der Waals surface area contributed by atoms with E-state index in [1.165, 1.54) is 16.2 Å². The standard InChI is InChI=1S/C10H10N4OS/c11-3-1-5-14(6-2-4-12)10(15)9-7-16-8-13-9/h7-8H,1-2,5-6H2. The summed E-state index contributed by atoms with van der Waals surface area (Å²) in [5, 5.41) is 18.6. The summed E-state index contributed by atoms with van der Waals surface area (Å²) >= 11 is 1.34. The van der Waals surface area contributed by atoms with Crippen molar-refractivity contribution in [3.05, 3.63) is 16.6 Å². The van der Waals surface area contributed by atoms with E-state index in [9.17, 15) is 4.79 Å². The molecule has 0 aromatic carbocycles. The molecule has 0 fully saturated rings. The summed E-state index contributed by atoms with van der Waals surface area (Å²) in [6, 6.07) is 3.96. The van der Waals surface area contributed by atoms with Crippen LogP contribution in [0.5, 0.6) is 0 Å². The number of nitrogens with zero attached hydrogens (tertiary/aromatic N) is 4. The highest BCUT2D eigenvalue weighted by Crippen LogP contribution is 2.06. The predicted molar refractivity (Wildman–Crippen MR) is 58.5 cm³/mol. The summed E-state index contributed by atoms with van der Waals surface area (Å²) < 4.78 is 0. The van der Waals surface area contributed by atoms with Gasteiger partial charge in [0, 0.05) is 18.5 Å². The Morgan fingerprint density at radius 1 is 1.38 bits per heavy atom. The first-order chi connectivity index (χ1) is 7.79. The maximum absolute atomic E-state index is 11.9. The molecule has 0 N–H and O–H groups in total. The molecular formula is C10H10N4OS. The van der Waals surface area contributed by atoms with Crippen molar-refractivity contribution in [3.8, 4) is 12.1 Å². The molecule has 1 heterocycles. The Balaban J connectivity index is 2.65. The van der Waals surface area contributed by atoms with Crippen LogP contribution in [-0.4, -0.2) is 28.9 Å². The first kappa shape index (κ1) is 12.2. The van der Waals surface area contributed by atoms with Crippen LogP contribution >= 0.6 is 11.3 Å². The number of rotatable bonds is 5. The third-order valence-electron chi connectivity index (χ3n) is 1.93. The second kappa shape index (κ2) is 6.54. The molecule has 1 aromatic heterocycles. The molecule has 1 amide bonds. The van der Waals surface area contributed by atoms with E-state index in [4.69, 9.17) is 10.5 Å². The van der Waals surface area contributed by atoms with Gasteiger partial charge < -0.3 is 4.90 Å². The first-order valence-corrected chi connectivity index (χ1v) is 5.65. The minimum atomic E-state index is -0.216. The van der Waals surface area contributed by atoms with Gasteiger partial charge in [0.05, 0.1) is 30.5 Å². The second-order valence-electron chi connectivity index (χ2n) is 2.98. The molecule has 82 valence electrons. The molecule has 0 radical (unpaired) electrons. The highest BCUT2D eigenvalue weighted by atomic mass is 32.1. The van der Waals surface area contributed by atoms with Gasteiger partial charge in [0.1, 0.15) is 5.69 Å². The molecule has 0 bridgehead atoms. The van der Waals surface area contributed by atoms with Crippen LogP contribution in [0.2, 0.25) is 0 Å². The maximum atomic E-state index is 11.9. The second-order valence-corrected chi connectivity index (χ2v) is 3.70. The Bertz CT molecular complexity index is 397. The van der Waals surface area contributed by atoms with Crippen LogP contribution in [0.4, 0.5) is 0 Å². The molecule has 0 spiro atoms. The molecule has 16 heavy (non-hydrogen) atoms. The molecule has 6 heteroatoms. The smallest absolute Gasteiger partial charge is 0.273 e. The van der Waals surface area contributed by atoms with Crippen molar-refractivity contribution < 1.29 is 4.79 Å². The average molecular weight is 234 g/mol. The number of aromatic nitrogens is 1. The molecular weight excluding hydrogens is 224 g/mol. The highest BCUT2D eigenvalue weighted by molar-refractivity contribution is 7.07. The summed E-state index contributed by atoms with van der Waals surface area (Å²) in [4.78, 5) is 17.3. The van der Waals surface area contributed by atoms with E-state index in [2.05, 4.69) is 4.98 Å². The molecule has 0 aliphatic rings. The van der Waals surface area contributed by atoms with Gasteiger partial charge in [0.2, 0.25) is 0 Å². The Morgan fingerprint density at radius 2 is 2.00 bits per heavy atom. The van der Waals surface area contributed by atoms with Crippen LogP contribution in [-0.2, 0) is 0 Å². The zero-order valence-electron chi connectivity index (χ0n) is 8.59. The molecule has 0 saturated heterocycles. The first-order valence-electron chi connectivity index (χ1n) is 4.71. The van der Waals surface area contributed by atoms with Crippen LogP contribution in [0, 0.1) is 22.7 Å². The van der Waals surface area contributed by atoms with Gasteiger partial charge in [-0.2, -0.15) is 10.5 Å². The number of hydrogen-bond donors (Lipinski definition) is 0. The molecule has 0 atom stereocenters. The van der Waals surface area contributed by atoms with Crippen LogP contribution in [0.1, 0.15) is 23.3 Å². The van der Waals surface area contributed by atoms with Crippen molar-refractivity contribution in [1.29, 1.82) is 10.5 Å². The molecule has 5 nitrogen and oxygen atoms in total. The van der Waals surface area contributed by atoms with Crippen LogP contribution in [0.15, 0.2) is 10.9 Å². The van der Waals surface area contributed by atoms with Gasteiger partial charge in [-0.3, -0.25) is 4.79 Å². The number of amides is 1. The quantitative estimate of drug-likeness (QED) is 0.771. The summed E-state index contributed by atoms with van der Waals surface area (Å²) in [7, 11) is 0. The largest absolute Gasteiger partial charge is 0.335 e. The lowest BCUT2D eigenvalue weighted by molar-refractivity contribution is 0.0757. The molecule has 0 aliphatic carbocycles. The van der Waals surface area contributed by atoms with Gasteiger partial charge in [-0.1, -0.05) is 0 Å². The maximum Gasteiger partial charge on any atom is 0.273 e. The lowest BCUT2D eigenvalue weighted by Gasteiger charge is -2.18. The number of hydrogen-bond acceptors (Lipinski definition) is 5. The van der Waals surface area contributed by atoms with Gasteiger partial charge in [-0.25, -0.2) is 4.98 Å². The van der Waals surface area contributed by atoms with E-state index >= 15 is 0 Å². The number of nitriles is 2. The van der Waals surface area contributed by atoms with Crippen molar-refractivity contribution in [2.75, 3.05) is 13.1 Å². The van der Waals surface area contributed by atoms with E-state index in [0.717, 1.165) is 0 Å². The summed E-state index contributed by atoms with van der Waals surface area (Å²) in [6.45, 7) is 0.684.